The maximum atomic E-state index is 10.6. The van der Waals surface area contributed by atoms with E-state index in [1.807, 2.05) is 0 Å². The topological polar surface area (TPSA) is 43.1 Å². The molecule has 0 fully saturated rings. The van der Waals surface area contributed by atoms with Crippen LogP contribution in [-0.2, 0) is 4.79 Å². The fraction of sp³-hybridized carbons (Fsp3) is 0.875. The van der Waals surface area contributed by atoms with Gasteiger partial charge < -0.3 is 5.73 Å². The molecular formula is C24H47NO. The summed E-state index contributed by atoms with van der Waals surface area (Å²) in [4.78, 5) is 10.6. The number of hydrogen-bond acceptors (Lipinski definition) is 1. The summed E-state index contributed by atoms with van der Waals surface area (Å²) < 4.78 is 0. The molecule has 0 saturated carbocycles. The van der Waals surface area contributed by atoms with Crippen molar-refractivity contribution in [3.05, 3.63) is 12.2 Å². The first kappa shape index (κ1) is 25.2. The summed E-state index contributed by atoms with van der Waals surface area (Å²) in [5.74, 6) is -0.161. The van der Waals surface area contributed by atoms with E-state index < -0.39 is 0 Å². The number of amides is 1. The Labute approximate surface area is 164 Å². The zero-order valence-electron chi connectivity index (χ0n) is 17.8. The average Bonchev–Trinajstić information content (AvgIpc) is 2.62. The minimum absolute atomic E-state index is 0.161. The SMILES string of the molecule is CCCCCCCCCCCCCCC=CCCCCCCCC(N)=O. The highest BCUT2D eigenvalue weighted by molar-refractivity contribution is 5.73. The van der Waals surface area contributed by atoms with E-state index in [2.05, 4.69) is 19.1 Å². The third-order valence-electron chi connectivity index (χ3n) is 5.18. The van der Waals surface area contributed by atoms with Crippen molar-refractivity contribution in [1.82, 2.24) is 0 Å². The molecule has 26 heavy (non-hydrogen) atoms. The van der Waals surface area contributed by atoms with Gasteiger partial charge in [0.15, 0.2) is 0 Å². The van der Waals surface area contributed by atoms with Crippen LogP contribution in [0.2, 0.25) is 0 Å². The number of unbranched alkanes of at least 4 members (excludes halogenated alkanes) is 17. The highest BCUT2D eigenvalue weighted by Crippen LogP contribution is 2.13. The van der Waals surface area contributed by atoms with Gasteiger partial charge in [0, 0.05) is 6.42 Å². The van der Waals surface area contributed by atoms with E-state index in [9.17, 15) is 4.79 Å². The Morgan fingerprint density at radius 1 is 0.577 bits per heavy atom. The van der Waals surface area contributed by atoms with Crippen molar-refractivity contribution in [2.24, 2.45) is 5.73 Å². The molecule has 0 aromatic rings. The Kier molecular flexibility index (Phi) is 21.6. The van der Waals surface area contributed by atoms with Crippen LogP contribution in [0.25, 0.3) is 0 Å². The number of allylic oxidation sites excluding steroid dienone is 2. The van der Waals surface area contributed by atoms with Crippen LogP contribution in [0, 0.1) is 0 Å². The molecule has 0 heterocycles. The minimum Gasteiger partial charge on any atom is -0.370 e. The second kappa shape index (κ2) is 22.3. The van der Waals surface area contributed by atoms with Gasteiger partial charge in [-0.3, -0.25) is 4.79 Å². The van der Waals surface area contributed by atoms with Gasteiger partial charge in [-0.2, -0.15) is 0 Å². The van der Waals surface area contributed by atoms with Crippen LogP contribution in [-0.4, -0.2) is 5.91 Å². The Hall–Kier alpha value is -0.790. The van der Waals surface area contributed by atoms with Gasteiger partial charge in [-0.05, 0) is 32.1 Å². The summed E-state index contributed by atoms with van der Waals surface area (Å²) in [6.07, 6.45) is 30.8. The third-order valence-corrected chi connectivity index (χ3v) is 5.18. The van der Waals surface area contributed by atoms with E-state index in [0.717, 1.165) is 12.8 Å². The fourth-order valence-corrected chi connectivity index (χ4v) is 3.43. The first-order valence-electron chi connectivity index (χ1n) is 11.7. The molecule has 0 radical (unpaired) electrons. The number of hydrogen-bond donors (Lipinski definition) is 1. The van der Waals surface area contributed by atoms with Gasteiger partial charge in [-0.1, -0.05) is 109 Å². The smallest absolute Gasteiger partial charge is 0.217 e. The molecule has 0 aliphatic carbocycles. The number of carbonyl (C=O) groups is 1. The quantitative estimate of drug-likeness (QED) is 0.163. The van der Waals surface area contributed by atoms with Gasteiger partial charge in [0.2, 0.25) is 5.91 Å². The average molecular weight is 366 g/mol. The van der Waals surface area contributed by atoms with Crippen molar-refractivity contribution in [3.63, 3.8) is 0 Å². The van der Waals surface area contributed by atoms with Crippen molar-refractivity contribution < 1.29 is 4.79 Å². The summed E-state index contributed by atoms with van der Waals surface area (Å²) in [7, 11) is 0. The van der Waals surface area contributed by atoms with Crippen LogP contribution in [0.5, 0.6) is 0 Å². The Balaban J connectivity index is 3.07. The molecule has 0 aliphatic rings. The van der Waals surface area contributed by atoms with Crippen molar-refractivity contribution in [3.8, 4) is 0 Å². The summed E-state index contributed by atoms with van der Waals surface area (Å²) in [6.45, 7) is 2.29. The first-order chi connectivity index (χ1) is 12.8. The lowest BCUT2D eigenvalue weighted by Gasteiger charge is -2.02. The largest absolute Gasteiger partial charge is 0.370 e. The molecule has 0 unspecified atom stereocenters. The number of nitrogens with two attached hydrogens (primary N) is 1. The normalized spacial score (nSPS) is 11.4. The van der Waals surface area contributed by atoms with E-state index >= 15 is 0 Å². The van der Waals surface area contributed by atoms with E-state index in [1.165, 1.54) is 109 Å². The van der Waals surface area contributed by atoms with Crippen LogP contribution in [0.15, 0.2) is 12.2 Å². The maximum absolute atomic E-state index is 10.6. The third kappa shape index (κ3) is 23.2. The predicted octanol–water partition coefficient (Wildman–Crippen LogP) is 7.85. The van der Waals surface area contributed by atoms with Crippen molar-refractivity contribution >= 4 is 5.91 Å². The van der Waals surface area contributed by atoms with Gasteiger partial charge >= 0.3 is 0 Å². The molecule has 0 bridgehead atoms. The van der Waals surface area contributed by atoms with Gasteiger partial charge in [0.1, 0.15) is 0 Å². The first-order valence-corrected chi connectivity index (χ1v) is 11.7. The van der Waals surface area contributed by atoms with Crippen molar-refractivity contribution in [1.29, 1.82) is 0 Å². The molecule has 0 saturated heterocycles. The van der Waals surface area contributed by atoms with Crippen LogP contribution in [0.4, 0.5) is 0 Å². The number of carbonyl (C=O) groups excluding carboxylic acids is 1. The molecule has 154 valence electrons. The van der Waals surface area contributed by atoms with E-state index in [1.54, 1.807) is 0 Å². The summed E-state index contributed by atoms with van der Waals surface area (Å²) in [6, 6.07) is 0. The van der Waals surface area contributed by atoms with Gasteiger partial charge in [-0.15, -0.1) is 0 Å². The summed E-state index contributed by atoms with van der Waals surface area (Å²) in [5, 5.41) is 0. The molecule has 0 atom stereocenters. The second-order valence-electron chi connectivity index (χ2n) is 7.92. The number of primary amides is 1. The van der Waals surface area contributed by atoms with Crippen molar-refractivity contribution in [2.75, 3.05) is 0 Å². The molecule has 0 rings (SSSR count). The fourth-order valence-electron chi connectivity index (χ4n) is 3.43. The van der Waals surface area contributed by atoms with Crippen LogP contribution in [0.1, 0.15) is 135 Å². The molecule has 0 aliphatic heterocycles. The lowest BCUT2D eigenvalue weighted by Crippen LogP contribution is -2.09. The van der Waals surface area contributed by atoms with Crippen LogP contribution < -0.4 is 5.73 Å². The molecule has 0 aromatic carbocycles. The van der Waals surface area contributed by atoms with E-state index in [4.69, 9.17) is 5.73 Å². The second-order valence-corrected chi connectivity index (χ2v) is 7.92. The standard InChI is InChI=1S/C24H47NO/c1-2-3-4-5-6-7-8-9-10-11-12-13-14-15-16-17-18-19-20-21-22-23-24(25)26/h15-16H,2-14,17-23H2,1H3,(H2,25,26). The van der Waals surface area contributed by atoms with Gasteiger partial charge in [0.05, 0.1) is 0 Å². The zero-order valence-corrected chi connectivity index (χ0v) is 17.8. The lowest BCUT2D eigenvalue weighted by atomic mass is 10.0. The Morgan fingerprint density at radius 2 is 0.923 bits per heavy atom. The zero-order chi connectivity index (χ0) is 19.1. The molecule has 2 nitrogen and oxygen atoms in total. The van der Waals surface area contributed by atoms with Gasteiger partial charge in [-0.25, -0.2) is 0 Å². The molecule has 1 amide bonds. The highest BCUT2D eigenvalue weighted by atomic mass is 16.1. The Morgan fingerprint density at radius 3 is 1.31 bits per heavy atom. The summed E-state index contributed by atoms with van der Waals surface area (Å²) in [5.41, 5.74) is 5.13. The lowest BCUT2D eigenvalue weighted by molar-refractivity contribution is -0.118. The van der Waals surface area contributed by atoms with E-state index in [-0.39, 0.29) is 5.91 Å². The molecule has 2 heteroatoms. The highest BCUT2D eigenvalue weighted by Gasteiger charge is 1.95. The maximum Gasteiger partial charge on any atom is 0.217 e. The molecule has 0 spiro atoms. The monoisotopic (exact) mass is 365 g/mol. The van der Waals surface area contributed by atoms with Gasteiger partial charge in [0.25, 0.3) is 0 Å². The minimum atomic E-state index is -0.161. The van der Waals surface area contributed by atoms with E-state index in [0.29, 0.717) is 6.42 Å². The van der Waals surface area contributed by atoms with Crippen molar-refractivity contribution in [2.45, 2.75) is 135 Å². The van der Waals surface area contributed by atoms with Crippen LogP contribution >= 0.6 is 0 Å². The molecular weight excluding hydrogens is 318 g/mol. The predicted molar refractivity (Wildman–Crippen MR) is 116 cm³/mol. The number of rotatable bonds is 21. The molecule has 2 N–H and O–H groups in total. The molecule has 0 aromatic heterocycles. The van der Waals surface area contributed by atoms with Crippen LogP contribution in [0.3, 0.4) is 0 Å². The Bertz CT molecular complexity index is 311. The summed E-state index contributed by atoms with van der Waals surface area (Å²) >= 11 is 0.